The Hall–Kier alpha value is -2.74. The maximum atomic E-state index is 12.5. The van der Waals surface area contributed by atoms with Gasteiger partial charge in [-0.15, -0.1) is 5.10 Å². The molecule has 8 nitrogen and oxygen atoms in total. The van der Waals surface area contributed by atoms with Crippen LogP contribution in [0.15, 0.2) is 36.5 Å². The van der Waals surface area contributed by atoms with Crippen LogP contribution in [0.4, 0.5) is 5.69 Å². The number of rotatable bonds is 4. The fourth-order valence-corrected chi connectivity index (χ4v) is 3.85. The van der Waals surface area contributed by atoms with Crippen molar-refractivity contribution in [3.63, 3.8) is 0 Å². The number of para-hydroxylation sites is 1. The smallest absolute Gasteiger partial charge is 0.273 e. The van der Waals surface area contributed by atoms with E-state index < -0.39 is 0 Å². The van der Waals surface area contributed by atoms with E-state index in [-0.39, 0.29) is 42.1 Å². The minimum atomic E-state index is -0.290. The molecule has 2 aliphatic rings. The highest BCUT2D eigenvalue weighted by Gasteiger charge is 2.32. The summed E-state index contributed by atoms with van der Waals surface area (Å²) in [6.45, 7) is 0.462. The molecule has 1 unspecified atom stereocenters. The summed E-state index contributed by atoms with van der Waals surface area (Å²) >= 11 is 0. The first kappa shape index (κ1) is 17.7. The summed E-state index contributed by atoms with van der Waals surface area (Å²) in [5.74, 6) is -0.282. The highest BCUT2D eigenvalue weighted by Crippen LogP contribution is 2.27. The first-order valence-corrected chi connectivity index (χ1v) is 9.44. The number of hydrogen-bond donors (Lipinski definition) is 2. The van der Waals surface area contributed by atoms with Crippen molar-refractivity contribution in [1.82, 2.24) is 20.3 Å². The number of aromatic nitrogens is 3. The summed E-state index contributed by atoms with van der Waals surface area (Å²) in [5.41, 5.74) is 7.08. The molecule has 1 saturated carbocycles. The van der Waals surface area contributed by atoms with Gasteiger partial charge in [-0.1, -0.05) is 23.4 Å². The molecule has 0 radical (unpaired) electrons. The molecule has 1 aliphatic heterocycles. The Morgan fingerprint density at radius 3 is 2.63 bits per heavy atom. The third-order valence-corrected chi connectivity index (χ3v) is 5.39. The molecule has 1 aromatic heterocycles. The average Bonchev–Trinajstić information content (AvgIpc) is 3.30. The van der Waals surface area contributed by atoms with Crippen molar-refractivity contribution in [2.24, 2.45) is 5.73 Å². The second-order valence-electron chi connectivity index (χ2n) is 7.37. The number of carbonyl (C=O) groups excluding carboxylic acids is 2. The monoisotopic (exact) mass is 368 g/mol. The lowest BCUT2D eigenvalue weighted by atomic mass is 9.92. The van der Waals surface area contributed by atoms with Gasteiger partial charge < -0.3 is 16.0 Å². The molecule has 1 aromatic carbocycles. The number of hydrogen-bond acceptors (Lipinski definition) is 5. The normalized spacial score (nSPS) is 25.6. The Bertz CT molecular complexity index is 813. The Balaban J connectivity index is 1.36. The molecule has 4 rings (SSSR count). The molecule has 1 aliphatic carbocycles. The first-order valence-electron chi connectivity index (χ1n) is 9.44. The minimum absolute atomic E-state index is 0.00805. The molecule has 3 N–H and O–H groups in total. The van der Waals surface area contributed by atoms with Crippen molar-refractivity contribution in [3.05, 3.63) is 42.2 Å². The molecule has 1 saturated heterocycles. The van der Waals surface area contributed by atoms with Crippen molar-refractivity contribution in [2.75, 3.05) is 11.4 Å². The quantitative estimate of drug-likeness (QED) is 0.845. The van der Waals surface area contributed by atoms with Crippen LogP contribution in [0.3, 0.4) is 0 Å². The highest BCUT2D eigenvalue weighted by atomic mass is 16.2. The van der Waals surface area contributed by atoms with E-state index in [0.717, 1.165) is 31.4 Å². The van der Waals surface area contributed by atoms with Crippen LogP contribution in [-0.2, 0) is 4.79 Å². The zero-order valence-corrected chi connectivity index (χ0v) is 15.1. The van der Waals surface area contributed by atoms with Crippen molar-refractivity contribution in [1.29, 1.82) is 0 Å². The van der Waals surface area contributed by atoms with E-state index in [9.17, 15) is 9.59 Å². The summed E-state index contributed by atoms with van der Waals surface area (Å²) < 4.78 is 1.77. The van der Waals surface area contributed by atoms with Gasteiger partial charge in [-0.2, -0.15) is 0 Å². The van der Waals surface area contributed by atoms with Crippen LogP contribution in [0.5, 0.6) is 0 Å². The van der Waals surface area contributed by atoms with Gasteiger partial charge in [0.05, 0.1) is 18.3 Å². The second-order valence-corrected chi connectivity index (χ2v) is 7.37. The molecule has 2 fully saturated rings. The molecular weight excluding hydrogens is 344 g/mol. The molecule has 27 heavy (non-hydrogen) atoms. The standard InChI is InChI=1S/C19H24N6O2/c20-13-6-8-16(9-7-13)25-12-17(22-23-25)19(27)21-14-10-18(26)24(11-14)15-4-2-1-3-5-15/h1-5,12-14,16H,6-11,20H2,(H,21,27). The molecule has 2 aromatic rings. The molecule has 142 valence electrons. The van der Waals surface area contributed by atoms with E-state index in [1.54, 1.807) is 15.8 Å². The van der Waals surface area contributed by atoms with Gasteiger partial charge in [0.2, 0.25) is 5.91 Å². The lowest BCUT2D eigenvalue weighted by Gasteiger charge is -2.25. The topological polar surface area (TPSA) is 106 Å². The van der Waals surface area contributed by atoms with Gasteiger partial charge >= 0.3 is 0 Å². The molecular formula is C19H24N6O2. The largest absolute Gasteiger partial charge is 0.346 e. The van der Waals surface area contributed by atoms with Crippen LogP contribution >= 0.6 is 0 Å². The van der Waals surface area contributed by atoms with E-state index >= 15 is 0 Å². The number of anilines is 1. The van der Waals surface area contributed by atoms with Gasteiger partial charge in [0.1, 0.15) is 0 Å². The number of carbonyl (C=O) groups is 2. The predicted molar refractivity (Wildman–Crippen MR) is 100 cm³/mol. The Kier molecular flexibility index (Phi) is 4.89. The molecule has 0 spiro atoms. The van der Waals surface area contributed by atoms with Crippen LogP contribution in [0.1, 0.15) is 48.6 Å². The summed E-state index contributed by atoms with van der Waals surface area (Å²) in [5, 5.41) is 11.1. The number of nitrogens with two attached hydrogens (primary N) is 1. The lowest BCUT2D eigenvalue weighted by molar-refractivity contribution is -0.117. The fraction of sp³-hybridized carbons (Fsp3) is 0.474. The number of nitrogens with zero attached hydrogens (tertiary/aromatic N) is 4. The molecule has 2 heterocycles. The zero-order chi connectivity index (χ0) is 18.8. The maximum absolute atomic E-state index is 12.5. The van der Waals surface area contributed by atoms with Gasteiger partial charge in [0.15, 0.2) is 5.69 Å². The average molecular weight is 368 g/mol. The van der Waals surface area contributed by atoms with Crippen LogP contribution in [-0.4, -0.2) is 45.4 Å². The predicted octanol–water partition coefficient (Wildman–Crippen LogP) is 1.26. The maximum Gasteiger partial charge on any atom is 0.273 e. The molecule has 2 amide bonds. The van der Waals surface area contributed by atoms with Crippen LogP contribution in [0.25, 0.3) is 0 Å². The summed E-state index contributed by atoms with van der Waals surface area (Å²) in [4.78, 5) is 26.5. The summed E-state index contributed by atoms with van der Waals surface area (Å²) in [6.07, 6.45) is 5.82. The highest BCUT2D eigenvalue weighted by molar-refractivity contribution is 5.98. The van der Waals surface area contributed by atoms with E-state index in [1.165, 1.54) is 0 Å². The third kappa shape index (κ3) is 3.85. The second kappa shape index (κ2) is 7.48. The van der Waals surface area contributed by atoms with Crippen molar-refractivity contribution < 1.29 is 9.59 Å². The summed E-state index contributed by atoms with van der Waals surface area (Å²) in [7, 11) is 0. The van der Waals surface area contributed by atoms with E-state index in [4.69, 9.17) is 5.73 Å². The number of nitrogens with one attached hydrogen (secondary N) is 1. The number of amides is 2. The van der Waals surface area contributed by atoms with Gasteiger partial charge in [0.25, 0.3) is 5.91 Å². The Labute approximate surface area is 157 Å². The van der Waals surface area contributed by atoms with Crippen LogP contribution < -0.4 is 16.0 Å². The van der Waals surface area contributed by atoms with Gasteiger partial charge in [-0.25, -0.2) is 4.68 Å². The number of benzene rings is 1. The molecule has 0 bridgehead atoms. The van der Waals surface area contributed by atoms with Crippen molar-refractivity contribution >= 4 is 17.5 Å². The van der Waals surface area contributed by atoms with Crippen LogP contribution in [0.2, 0.25) is 0 Å². The lowest BCUT2D eigenvalue weighted by Crippen LogP contribution is -2.37. The molecule has 1 atom stereocenters. The van der Waals surface area contributed by atoms with E-state index in [2.05, 4.69) is 15.6 Å². The minimum Gasteiger partial charge on any atom is -0.346 e. The first-order chi connectivity index (χ1) is 13.1. The third-order valence-electron chi connectivity index (χ3n) is 5.39. The van der Waals surface area contributed by atoms with E-state index in [1.807, 2.05) is 30.3 Å². The van der Waals surface area contributed by atoms with Gasteiger partial charge in [-0.05, 0) is 37.8 Å². The Morgan fingerprint density at radius 1 is 1.15 bits per heavy atom. The fourth-order valence-electron chi connectivity index (χ4n) is 3.85. The summed E-state index contributed by atoms with van der Waals surface area (Å²) in [6, 6.07) is 9.76. The SMILES string of the molecule is NC1CCC(n2cc(C(=O)NC3CC(=O)N(c4ccccc4)C3)nn2)CC1. The van der Waals surface area contributed by atoms with E-state index in [0.29, 0.717) is 6.54 Å². The van der Waals surface area contributed by atoms with Crippen molar-refractivity contribution in [3.8, 4) is 0 Å². The van der Waals surface area contributed by atoms with Gasteiger partial charge in [-0.3, -0.25) is 9.59 Å². The molecule has 8 heteroatoms. The zero-order valence-electron chi connectivity index (χ0n) is 15.1. The van der Waals surface area contributed by atoms with Crippen LogP contribution in [0, 0.1) is 0 Å². The van der Waals surface area contributed by atoms with Gasteiger partial charge in [0, 0.05) is 24.7 Å². The Morgan fingerprint density at radius 2 is 1.89 bits per heavy atom. The van der Waals surface area contributed by atoms with Crippen molar-refractivity contribution in [2.45, 2.75) is 50.2 Å².